The minimum absolute atomic E-state index is 0.0476. The molecule has 0 radical (unpaired) electrons. The summed E-state index contributed by atoms with van der Waals surface area (Å²) in [6.45, 7) is 4.39. The van der Waals surface area contributed by atoms with Crippen molar-refractivity contribution in [2.24, 2.45) is 0 Å². The molecule has 1 aliphatic heterocycles. The summed E-state index contributed by atoms with van der Waals surface area (Å²) in [4.78, 5) is 41.8. The van der Waals surface area contributed by atoms with Crippen LogP contribution < -0.4 is 5.32 Å². The third-order valence-corrected chi connectivity index (χ3v) is 7.28. The number of urea groups is 1. The Morgan fingerprint density at radius 1 is 1.05 bits per heavy atom. The summed E-state index contributed by atoms with van der Waals surface area (Å²) < 4.78 is 38.9. The highest BCUT2D eigenvalue weighted by atomic mass is 19.3. The quantitative estimate of drug-likeness (QED) is 0.321. The van der Waals surface area contributed by atoms with Gasteiger partial charge in [0.05, 0.1) is 12.6 Å². The molecule has 0 aliphatic carbocycles. The van der Waals surface area contributed by atoms with Gasteiger partial charge in [0.2, 0.25) is 0 Å². The van der Waals surface area contributed by atoms with E-state index in [4.69, 9.17) is 0 Å². The number of carbonyl (C=O) groups is 3. The van der Waals surface area contributed by atoms with Crippen molar-refractivity contribution in [3.63, 3.8) is 0 Å². The lowest BCUT2D eigenvalue weighted by Crippen LogP contribution is -2.48. The summed E-state index contributed by atoms with van der Waals surface area (Å²) in [5.41, 5.74) is 4.56. The fourth-order valence-electron chi connectivity index (χ4n) is 5.08. The summed E-state index contributed by atoms with van der Waals surface area (Å²) in [5, 5.41) is 2.20. The van der Waals surface area contributed by atoms with Crippen LogP contribution in [-0.4, -0.2) is 53.6 Å². The molecule has 3 aromatic rings. The minimum Gasteiger partial charge on any atom is -0.346 e. The lowest BCUT2D eigenvalue weighted by atomic mass is 9.94. The van der Waals surface area contributed by atoms with Gasteiger partial charge in [0.15, 0.2) is 0 Å². The Morgan fingerprint density at radius 2 is 1.78 bits per heavy atom. The van der Waals surface area contributed by atoms with E-state index in [1.165, 1.54) is 12.1 Å². The third kappa shape index (κ3) is 7.54. The van der Waals surface area contributed by atoms with Crippen LogP contribution in [0.1, 0.15) is 59.3 Å². The fourth-order valence-corrected chi connectivity index (χ4v) is 5.08. The molecular weight excluding hydrogens is 531 g/mol. The number of amides is 3. The molecule has 1 unspecified atom stereocenters. The van der Waals surface area contributed by atoms with Gasteiger partial charge in [-0.3, -0.25) is 9.59 Å². The van der Waals surface area contributed by atoms with E-state index >= 15 is 0 Å². The van der Waals surface area contributed by atoms with Crippen LogP contribution in [0.2, 0.25) is 0 Å². The highest BCUT2D eigenvalue weighted by Crippen LogP contribution is 2.32. The van der Waals surface area contributed by atoms with E-state index in [-0.39, 0.29) is 36.8 Å². The van der Waals surface area contributed by atoms with Crippen molar-refractivity contribution in [2.45, 2.75) is 52.1 Å². The Balaban J connectivity index is 1.55. The third-order valence-electron chi connectivity index (χ3n) is 7.28. The number of benzene rings is 3. The molecule has 4 rings (SSSR count). The number of carbonyl (C=O) groups excluding carboxylic acids is 3. The average molecular weight is 566 g/mol. The number of hydrogen-bond acceptors (Lipinski definition) is 3. The van der Waals surface area contributed by atoms with Crippen LogP contribution in [0.3, 0.4) is 0 Å². The van der Waals surface area contributed by atoms with Crippen LogP contribution in [0.5, 0.6) is 0 Å². The summed E-state index contributed by atoms with van der Waals surface area (Å²) in [6, 6.07) is 18.0. The predicted molar refractivity (Wildman–Crippen MR) is 151 cm³/mol. The molecule has 0 bridgehead atoms. The van der Waals surface area contributed by atoms with Crippen molar-refractivity contribution >= 4 is 17.7 Å². The topological polar surface area (TPSA) is 69.7 Å². The number of halogens is 3. The molecule has 3 amide bonds. The molecule has 3 aromatic carbocycles. The predicted octanol–water partition coefficient (Wildman–Crippen LogP) is 6.53. The SMILES string of the molecule is CCCN(Cc1cc(-c2ccc(C(=O)NCC(F)F)cc2)ccc1C)C(=O)N1CCC(=O)CC1c1cccc(F)c1. The second kappa shape index (κ2) is 13.5. The molecule has 1 atom stereocenters. The van der Waals surface area contributed by atoms with Gasteiger partial charge >= 0.3 is 6.03 Å². The smallest absolute Gasteiger partial charge is 0.320 e. The monoisotopic (exact) mass is 565 g/mol. The molecule has 1 aliphatic rings. The summed E-state index contributed by atoms with van der Waals surface area (Å²) >= 11 is 0. The van der Waals surface area contributed by atoms with Gasteiger partial charge in [-0.2, -0.15) is 0 Å². The highest BCUT2D eigenvalue weighted by Gasteiger charge is 2.34. The number of alkyl halides is 2. The second-order valence-electron chi connectivity index (χ2n) is 10.3. The molecule has 216 valence electrons. The zero-order valence-electron chi connectivity index (χ0n) is 23.2. The van der Waals surface area contributed by atoms with E-state index in [0.29, 0.717) is 18.7 Å². The van der Waals surface area contributed by atoms with Crippen LogP contribution in [0, 0.1) is 12.7 Å². The average Bonchev–Trinajstić information content (AvgIpc) is 2.96. The molecule has 1 saturated heterocycles. The van der Waals surface area contributed by atoms with Gasteiger partial charge in [0.25, 0.3) is 12.3 Å². The Bertz CT molecular complexity index is 1390. The Labute approximate surface area is 238 Å². The van der Waals surface area contributed by atoms with E-state index in [1.54, 1.807) is 46.2 Å². The zero-order chi connectivity index (χ0) is 29.5. The van der Waals surface area contributed by atoms with Gasteiger partial charge in [0, 0.05) is 38.0 Å². The number of ketones is 1. The molecule has 1 heterocycles. The summed E-state index contributed by atoms with van der Waals surface area (Å²) in [5.74, 6) is -0.926. The molecule has 9 heteroatoms. The first-order valence-electron chi connectivity index (χ1n) is 13.7. The summed E-state index contributed by atoms with van der Waals surface area (Å²) in [7, 11) is 0. The van der Waals surface area contributed by atoms with E-state index in [1.807, 2.05) is 32.0 Å². The number of nitrogens with zero attached hydrogens (tertiary/aromatic N) is 2. The molecule has 6 nitrogen and oxygen atoms in total. The molecule has 0 saturated carbocycles. The summed E-state index contributed by atoms with van der Waals surface area (Å²) in [6.07, 6.45) is -1.47. The van der Waals surface area contributed by atoms with Crippen LogP contribution in [0.15, 0.2) is 66.7 Å². The second-order valence-corrected chi connectivity index (χ2v) is 10.3. The molecule has 0 spiro atoms. The fraction of sp³-hybridized carbons (Fsp3) is 0.344. The first kappa shape index (κ1) is 29.8. The van der Waals surface area contributed by atoms with Crippen molar-refractivity contribution in [1.82, 2.24) is 15.1 Å². The van der Waals surface area contributed by atoms with Gasteiger partial charge in [-0.05, 0) is 71.5 Å². The lowest BCUT2D eigenvalue weighted by molar-refractivity contribution is -0.122. The number of hydrogen-bond donors (Lipinski definition) is 1. The zero-order valence-corrected chi connectivity index (χ0v) is 23.2. The largest absolute Gasteiger partial charge is 0.346 e. The number of Topliss-reactive ketones (excluding diaryl/α,β-unsaturated/α-hetero) is 1. The van der Waals surface area contributed by atoms with Gasteiger partial charge in [-0.1, -0.05) is 43.3 Å². The molecule has 1 N–H and O–H groups in total. The number of aryl methyl sites for hydroxylation is 1. The number of rotatable bonds is 9. The standard InChI is InChI=1S/C32H34F3N3O3/c1-3-14-37(32(41)38-15-13-28(39)18-29(38)25-5-4-6-27(33)17-25)20-26-16-24(8-7-21(26)2)22-9-11-23(12-10-22)31(40)36-19-30(34)35/h4-12,16-17,29-30H,3,13-15,18-20H2,1-2H3,(H,36,40). The van der Waals surface area contributed by atoms with E-state index < -0.39 is 30.7 Å². The van der Waals surface area contributed by atoms with Crippen molar-refractivity contribution < 1.29 is 27.6 Å². The maximum absolute atomic E-state index is 14.0. The van der Waals surface area contributed by atoms with Crippen LogP contribution in [-0.2, 0) is 11.3 Å². The highest BCUT2D eigenvalue weighted by molar-refractivity contribution is 5.94. The maximum Gasteiger partial charge on any atom is 0.320 e. The van der Waals surface area contributed by atoms with E-state index in [9.17, 15) is 27.6 Å². The Morgan fingerprint density at radius 3 is 2.46 bits per heavy atom. The van der Waals surface area contributed by atoms with Crippen LogP contribution in [0.25, 0.3) is 11.1 Å². The van der Waals surface area contributed by atoms with Gasteiger partial charge in [0.1, 0.15) is 11.6 Å². The van der Waals surface area contributed by atoms with E-state index in [2.05, 4.69) is 5.32 Å². The first-order chi connectivity index (χ1) is 19.7. The van der Waals surface area contributed by atoms with E-state index in [0.717, 1.165) is 28.7 Å². The maximum atomic E-state index is 14.0. The van der Waals surface area contributed by atoms with Gasteiger partial charge in [-0.25, -0.2) is 18.0 Å². The van der Waals surface area contributed by atoms with Crippen molar-refractivity contribution in [3.05, 3.63) is 94.8 Å². The lowest BCUT2D eigenvalue weighted by Gasteiger charge is -2.39. The first-order valence-corrected chi connectivity index (χ1v) is 13.7. The van der Waals surface area contributed by atoms with Gasteiger partial charge in [-0.15, -0.1) is 0 Å². The van der Waals surface area contributed by atoms with Crippen LogP contribution in [0.4, 0.5) is 18.0 Å². The number of piperidine rings is 1. The molecular formula is C32H34F3N3O3. The van der Waals surface area contributed by atoms with Crippen molar-refractivity contribution in [1.29, 1.82) is 0 Å². The van der Waals surface area contributed by atoms with Crippen molar-refractivity contribution in [3.8, 4) is 11.1 Å². The number of likely N-dealkylation sites (tertiary alicyclic amines) is 1. The molecule has 0 aromatic heterocycles. The number of nitrogens with one attached hydrogen (secondary N) is 1. The Kier molecular flexibility index (Phi) is 9.81. The molecule has 1 fully saturated rings. The minimum atomic E-state index is -2.62. The van der Waals surface area contributed by atoms with Crippen LogP contribution >= 0.6 is 0 Å². The Hall–Kier alpha value is -4.14. The normalized spacial score (nSPS) is 15.2. The van der Waals surface area contributed by atoms with Crippen molar-refractivity contribution in [2.75, 3.05) is 19.6 Å². The molecule has 41 heavy (non-hydrogen) atoms. The van der Waals surface area contributed by atoms with Gasteiger partial charge < -0.3 is 15.1 Å².